The fraction of sp³-hybridized carbons (Fsp3) is 0.476. The summed E-state index contributed by atoms with van der Waals surface area (Å²) in [4.78, 5) is 13.0. The van der Waals surface area contributed by atoms with Crippen LogP contribution in [0, 0.1) is 0 Å². The molecule has 0 unspecified atom stereocenters. The number of hydrogen-bond donors (Lipinski definition) is 3. The molecule has 1 fully saturated rings. The molecule has 11 heteroatoms. The van der Waals surface area contributed by atoms with Crippen molar-refractivity contribution in [1.29, 1.82) is 0 Å². The van der Waals surface area contributed by atoms with E-state index in [9.17, 15) is 10.2 Å². The monoisotopic (exact) mass is 443 g/mol. The van der Waals surface area contributed by atoms with Gasteiger partial charge in [0.2, 0.25) is 6.79 Å². The number of imidazole rings is 1. The summed E-state index contributed by atoms with van der Waals surface area (Å²) in [7, 11) is 0. The van der Waals surface area contributed by atoms with E-state index >= 15 is 0 Å². The van der Waals surface area contributed by atoms with Crippen LogP contribution in [0.5, 0.6) is 11.5 Å². The predicted octanol–water partition coefficient (Wildman–Crippen LogP) is 1.21. The maximum absolute atomic E-state index is 10.6. The second-order valence-corrected chi connectivity index (χ2v) is 7.71. The SMILES string of the molecule is CCCOC[C@H]1O[C@@H](n2cnc3c(NCc4ccc5c(c4)OCO5)ncnc32)[C@@H](O)[C@H]1O. The molecule has 0 radical (unpaired) electrons. The molecule has 3 N–H and O–H groups in total. The summed E-state index contributed by atoms with van der Waals surface area (Å²) in [5.74, 6) is 1.99. The van der Waals surface area contributed by atoms with Gasteiger partial charge in [0.1, 0.15) is 24.6 Å². The highest BCUT2D eigenvalue weighted by Crippen LogP contribution is 2.34. The molecule has 0 aliphatic carbocycles. The number of aliphatic hydroxyl groups excluding tert-OH is 2. The van der Waals surface area contributed by atoms with Crippen LogP contribution in [0.4, 0.5) is 5.82 Å². The van der Waals surface area contributed by atoms with Crippen LogP contribution in [0.1, 0.15) is 25.1 Å². The van der Waals surface area contributed by atoms with Crippen molar-refractivity contribution in [3.05, 3.63) is 36.4 Å². The molecule has 32 heavy (non-hydrogen) atoms. The van der Waals surface area contributed by atoms with Gasteiger partial charge >= 0.3 is 0 Å². The van der Waals surface area contributed by atoms with E-state index in [1.165, 1.54) is 12.7 Å². The average molecular weight is 443 g/mol. The largest absolute Gasteiger partial charge is 0.454 e. The van der Waals surface area contributed by atoms with Crippen molar-refractivity contribution in [2.24, 2.45) is 0 Å². The van der Waals surface area contributed by atoms with Gasteiger partial charge in [0.05, 0.1) is 12.9 Å². The van der Waals surface area contributed by atoms with Gasteiger partial charge in [-0.15, -0.1) is 0 Å². The molecule has 2 aliphatic heterocycles. The van der Waals surface area contributed by atoms with E-state index in [4.69, 9.17) is 18.9 Å². The third-order valence-electron chi connectivity index (χ3n) is 5.50. The number of hydrogen-bond acceptors (Lipinski definition) is 10. The zero-order chi connectivity index (χ0) is 22.1. The van der Waals surface area contributed by atoms with Gasteiger partial charge in [0, 0.05) is 13.2 Å². The number of aliphatic hydroxyl groups is 2. The lowest BCUT2D eigenvalue weighted by Gasteiger charge is -2.16. The number of nitrogens with one attached hydrogen (secondary N) is 1. The summed E-state index contributed by atoms with van der Waals surface area (Å²) >= 11 is 0. The number of aromatic nitrogens is 4. The normalized spacial score (nSPS) is 24.3. The van der Waals surface area contributed by atoms with Crippen LogP contribution >= 0.6 is 0 Å². The summed E-state index contributed by atoms with van der Waals surface area (Å²) in [6.45, 7) is 3.48. The molecule has 5 rings (SSSR count). The number of fused-ring (bicyclic) bond motifs is 2. The van der Waals surface area contributed by atoms with E-state index in [0.717, 1.165) is 17.7 Å². The van der Waals surface area contributed by atoms with Crippen molar-refractivity contribution in [2.45, 2.75) is 44.4 Å². The van der Waals surface area contributed by atoms with Crippen molar-refractivity contribution >= 4 is 17.0 Å². The summed E-state index contributed by atoms with van der Waals surface area (Å²) in [5, 5.41) is 24.2. The van der Waals surface area contributed by atoms with Gasteiger partial charge < -0.3 is 34.5 Å². The molecule has 1 saturated heterocycles. The topological polar surface area (TPSA) is 133 Å². The van der Waals surface area contributed by atoms with Crippen molar-refractivity contribution in [3.63, 3.8) is 0 Å². The highest BCUT2D eigenvalue weighted by Gasteiger charge is 2.44. The Morgan fingerprint density at radius 1 is 1.16 bits per heavy atom. The molecule has 11 nitrogen and oxygen atoms in total. The van der Waals surface area contributed by atoms with Crippen LogP contribution in [0.25, 0.3) is 11.2 Å². The lowest BCUT2D eigenvalue weighted by molar-refractivity contribution is -0.0652. The van der Waals surface area contributed by atoms with Gasteiger partial charge in [-0.05, 0) is 24.1 Å². The van der Waals surface area contributed by atoms with E-state index < -0.39 is 24.5 Å². The Kier molecular flexibility index (Phi) is 5.79. The Labute approximate surface area is 183 Å². The van der Waals surface area contributed by atoms with Gasteiger partial charge in [0.15, 0.2) is 34.7 Å². The molecule has 1 aromatic carbocycles. The first kappa shape index (κ1) is 20.9. The van der Waals surface area contributed by atoms with Gasteiger partial charge in [-0.3, -0.25) is 4.57 Å². The first-order valence-electron chi connectivity index (χ1n) is 10.5. The van der Waals surface area contributed by atoms with Crippen LogP contribution in [0.15, 0.2) is 30.9 Å². The van der Waals surface area contributed by atoms with E-state index in [2.05, 4.69) is 20.3 Å². The Balaban J connectivity index is 1.33. The van der Waals surface area contributed by atoms with Crippen molar-refractivity contribution in [1.82, 2.24) is 19.5 Å². The van der Waals surface area contributed by atoms with Crippen LogP contribution < -0.4 is 14.8 Å². The molecule has 4 atom stereocenters. The number of nitrogens with zero attached hydrogens (tertiary/aromatic N) is 4. The second kappa shape index (κ2) is 8.87. The third-order valence-corrected chi connectivity index (χ3v) is 5.50. The zero-order valence-electron chi connectivity index (χ0n) is 17.5. The molecule has 2 aromatic heterocycles. The summed E-state index contributed by atoms with van der Waals surface area (Å²) < 4.78 is 23.7. The van der Waals surface area contributed by atoms with Gasteiger partial charge in [0.25, 0.3) is 0 Å². The van der Waals surface area contributed by atoms with E-state index in [1.807, 2.05) is 25.1 Å². The van der Waals surface area contributed by atoms with Crippen LogP contribution in [-0.2, 0) is 16.0 Å². The molecule has 0 amide bonds. The summed E-state index contributed by atoms with van der Waals surface area (Å²) in [6.07, 6.45) is 0.136. The quantitative estimate of drug-likeness (QED) is 0.436. The molecular formula is C21H25N5O6. The first-order chi connectivity index (χ1) is 15.7. The Morgan fingerprint density at radius 3 is 2.91 bits per heavy atom. The summed E-state index contributed by atoms with van der Waals surface area (Å²) in [5.41, 5.74) is 2.01. The minimum absolute atomic E-state index is 0.201. The highest BCUT2D eigenvalue weighted by molar-refractivity contribution is 5.82. The molecule has 4 heterocycles. The molecule has 2 aliphatic rings. The lowest BCUT2D eigenvalue weighted by Crippen LogP contribution is -2.33. The van der Waals surface area contributed by atoms with Gasteiger partial charge in [-0.2, -0.15) is 0 Å². The van der Waals surface area contributed by atoms with E-state index in [1.54, 1.807) is 4.57 Å². The summed E-state index contributed by atoms with van der Waals surface area (Å²) in [6, 6.07) is 5.73. The van der Waals surface area contributed by atoms with Gasteiger partial charge in [-0.25, -0.2) is 15.0 Å². The van der Waals surface area contributed by atoms with E-state index in [0.29, 0.717) is 35.9 Å². The number of benzene rings is 1. The van der Waals surface area contributed by atoms with Crippen molar-refractivity contribution < 1.29 is 29.2 Å². The molecule has 0 spiro atoms. The second-order valence-electron chi connectivity index (χ2n) is 7.71. The van der Waals surface area contributed by atoms with Crippen LogP contribution in [0.2, 0.25) is 0 Å². The maximum atomic E-state index is 10.6. The van der Waals surface area contributed by atoms with Crippen molar-refractivity contribution in [2.75, 3.05) is 25.3 Å². The Bertz CT molecular complexity index is 1090. The fourth-order valence-corrected chi connectivity index (χ4v) is 3.84. The molecular weight excluding hydrogens is 418 g/mol. The number of anilines is 1. The number of rotatable bonds is 8. The highest BCUT2D eigenvalue weighted by atomic mass is 16.7. The maximum Gasteiger partial charge on any atom is 0.231 e. The van der Waals surface area contributed by atoms with E-state index in [-0.39, 0.29) is 13.4 Å². The molecule has 170 valence electrons. The molecule has 0 bridgehead atoms. The Hall–Kier alpha value is -2.99. The lowest BCUT2D eigenvalue weighted by atomic mass is 10.1. The minimum atomic E-state index is -1.14. The molecule has 3 aromatic rings. The fourth-order valence-electron chi connectivity index (χ4n) is 3.84. The Morgan fingerprint density at radius 2 is 2.03 bits per heavy atom. The average Bonchev–Trinajstić information content (AvgIpc) is 3.51. The first-order valence-corrected chi connectivity index (χ1v) is 10.5. The zero-order valence-corrected chi connectivity index (χ0v) is 17.5. The van der Waals surface area contributed by atoms with Gasteiger partial charge in [-0.1, -0.05) is 13.0 Å². The standard InChI is InChI=1S/C21H25N5O6/c1-2-5-29-8-15-17(27)18(28)21(32-15)26-10-25-16-19(23-9-24-20(16)26)22-7-12-3-4-13-14(6-12)31-11-30-13/h3-4,6,9-10,15,17-18,21,27-28H,2,5,7-8,11H2,1H3,(H,22,23,24)/t15-,17+,18+,21-/m1/s1. The van der Waals surface area contributed by atoms with Crippen LogP contribution in [-0.4, -0.2) is 68.1 Å². The van der Waals surface area contributed by atoms with Crippen LogP contribution in [0.3, 0.4) is 0 Å². The van der Waals surface area contributed by atoms with Crippen molar-refractivity contribution in [3.8, 4) is 11.5 Å². The predicted molar refractivity (Wildman–Crippen MR) is 112 cm³/mol. The minimum Gasteiger partial charge on any atom is -0.454 e. The third kappa shape index (κ3) is 3.84. The smallest absolute Gasteiger partial charge is 0.231 e. The molecule has 0 saturated carbocycles. The number of ether oxygens (including phenoxy) is 4.